The number of ether oxygens (including phenoxy) is 2. The van der Waals surface area contributed by atoms with Crippen molar-refractivity contribution in [1.82, 2.24) is 10.2 Å². The number of aromatic nitrogens is 2. The first kappa shape index (κ1) is 20.3. The molecule has 7 heteroatoms. The monoisotopic (exact) mass is 401 g/mol. The van der Waals surface area contributed by atoms with E-state index in [1.165, 1.54) is 49.5 Å². The molecule has 1 aromatic carbocycles. The molecule has 2 aromatic rings. The van der Waals surface area contributed by atoms with Crippen molar-refractivity contribution >= 4 is 28.5 Å². The van der Waals surface area contributed by atoms with E-state index in [-0.39, 0.29) is 5.91 Å². The maximum absolute atomic E-state index is 12.2. The molecule has 0 unspecified atom stereocenters. The molecule has 1 N–H and O–H groups in total. The molecule has 0 saturated heterocycles. The molecule has 0 atom stereocenters. The van der Waals surface area contributed by atoms with E-state index < -0.39 is 0 Å². The van der Waals surface area contributed by atoms with Gasteiger partial charge in [0.1, 0.15) is 5.01 Å². The maximum atomic E-state index is 12.2. The quantitative estimate of drug-likeness (QED) is 0.628. The first-order chi connectivity index (χ1) is 13.7. The lowest BCUT2D eigenvalue weighted by molar-refractivity contribution is -0.111. The van der Waals surface area contributed by atoms with Gasteiger partial charge in [0.05, 0.1) is 13.7 Å². The van der Waals surface area contributed by atoms with Crippen molar-refractivity contribution in [3.8, 4) is 11.5 Å². The minimum absolute atomic E-state index is 0.225. The molecule has 0 bridgehead atoms. The summed E-state index contributed by atoms with van der Waals surface area (Å²) >= 11 is 1.48. The molecular weight excluding hydrogens is 374 g/mol. The molecule has 1 heterocycles. The van der Waals surface area contributed by atoms with Gasteiger partial charge < -0.3 is 9.47 Å². The summed E-state index contributed by atoms with van der Waals surface area (Å²) in [7, 11) is 1.60. The molecule has 1 amide bonds. The average Bonchev–Trinajstić information content (AvgIpc) is 3.20. The summed E-state index contributed by atoms with van der Waals surface area (Å²) < 4.78 is 11.0. The normalized spacial score (nSPS) is 14.9. The number of hydrogen-bond acceptors (Lipinski definition) is 6. The summed E-state index contributed by atoms with van der Waals surface area (Å²) in [6.45, 7) is 2.69. The Morgan fingerprint density at radius 2 is 2.07 bits per heavy atom. The molecule has 0 aliphatic heterocycles. The van der Waals surface area contributed by atoms with Gasteiger partial charge in [0.2, 0.25) is 11.0 Å². The van der Waals surface area contributed by atoms with E-state index in [1.54, 1.807) is 13.2 Å². The fraction of sp³-hybridized carbons (Fsp3) is 0.476. The lowest BCUT2D eigenvalue weighted by Crippen LogP contribution is -2.07. The van der Waals surface area contributed by atoms with E-state index in [1.807, 2.05) is 18.2 Å². The zero-order chi connectivity index (χ0) is 19.8. The number of anilines is 1. The van der Waals surface area contributed by atoms with E-state index in [4.69, 9.17) is 9.47 Å². The fourth-order valence-corrected chi connectivity index (χ4v) is 4.15. The standard InChI is InChI=1S/C21H27N3O3S/c1-3-13-27-17-11-9-15(14-18(17)26-2)10-12-19(25)22-21-24-23-20(28-21)16-7-5-4-6-8-16/h9-12,14,16H,3-8,13H2,1-2H3,(H,22,24,25)/b12-10+. The van der Waals surface area contributed by atoms with E-state index in [9.17, 15) is 4.79 Å². The molecule has 28 heavy (non-hydrogen) atoms. The van der Waals surface area contributed by atoms with Crippen LogP contribution in [0.25, 0.3) is 6.08 Å². The average molecular weight is 402 g/mol. The van der Waals surface area contributed by atoms with Gasteiger partial charge in [0.15, 0.2) is 11.5 Å². The summed E-state index contributed by atoms with van der Waals surface area (Å²) in [5.41, 5.74) is 0.857. The van der Waals surface area contributed by atoms with Gasteiger partial charge in [-0.25, -0.2) is 0 Å². The second kappa shape index (κ2) is 10.2. The highest BCUT2D eigenvalue weighted by molar-refractivity contribution is 7.15. The Morgan fingerprint density at radius 3 is 2.82 bits per heavy atom. The van der Waals surface area contributed by atoms with Crippen molar-refractivity contribution in [1.29, 1.82) is 0 Å². The highest BCUT2D eigenvalue weighted by atomic mass is 32.1. The summed E-state index contributed by atoms with van der Waals surface area (Å²) in [4.78, 5) is 12.2. The number of nitrogens with zero attached hydrogens (tertiary/aromatic N) is 2. The van der Waals surface area contributed by atoms with Gasteiger partial charge in [-0.15, -0.1) is 10.2 Å². The Balaban J connectivity index is 1.58. The number of hydrogen-bond donors (Lipinski definition) is 1. The Kier molecular flexibility index (Phi) is 7.42. The first-order valence-corrected chi connectivity index (χ1v) is 10.6. The van der Waals surface area contributed by atoms with Crippen LogP contribution in [0.5, 0.6) is 11.5 Å². The van der Waals surface area contributed by atoms with Crippen molar-refractivity contribution < 1.29 is 14.3 Å². The number of methoxy groups -OCH3 is 1. The van der Waals surface area contributed by atoms with Crippen molar-refractivity contribution in [3.05, 3.63) is 34.8 Å². The molecule has 3 rings (SSSR count). The van der Waals surface area contributed by atoms with Gasteiger partial charge in [-0.1, -0.05) is 43.6 Å². The molecule has 0 spiro atoms. The number of rotatable bonds is 8. The van der Waals surface area contributed by atoms with Gasteiger partial charge in [0.25, 0.3) is 0 Å². The molecule has 0 radical (unpaired) electrons. The van der Waals surface area contributed by atoms with E-state index in [0.29, 0.717) is 29.2 Å². The number of carbonyl (C=O) groups excluding carboxylic acids is 1. The Hall–Kier alpha value is -2.41. The van der Waals surface area contributed by atoms with Crippen LogP contribution in [-0.2, 0) is 4.79 Å². The summed E-state index contributed by atoms with van der Waals surface area (Å²) in [5, 5.41) is 12.8. The highest BCUT2D eigenvalue weighted by Crippen LogP contribution is 2.35. The highest BCUT2D eigenvalue weighted by Gasteiger charge is 2.20. The van der Waals surface area contributed by atoms with Crippen LogP contribution in [0, 0.1) is 0 Å². The molecule has 1 saturated carbocycles. The van der Waals surface area contributed by atoms with Crippen LogP contribution in [0.2, 0.25) is 0 Å². The van der Waals surface area contributed by atoms with Crippen molar-refractivity contribution in [2.24, 2.45) is 0 Å². The molecule has 1 aliphatic rings. The number of nitrogens with one attached hydrogen (secondary N) is 1. The van der Waals surface area contributed by atoms with Crippen molar-refractivity contribution in [2.45, 2.75) is 51.4 Å². The Labute approximate surface area is 170 Å². The third-order valence-corrected chi connectivity index (χ3v) is 5.70. The van der Waals surface area contributed by atoms with Gasteiger partial charge in [-0.05, 0) is 43.0 Å². The fourth-order valence-electron chi connectivity index (χ4n) is 3.24. The number of carbonyl (C=O) groups is 1. The van der Waals surface area contributed by atoms with Crippen molar-refractivity contribution in [2.75, 3.05) is 19.0 Å². The van der Waals surface area contributed by atoms with Gasteiger partial charge in [-0.2, -0.15) is 0 Å². The number of amides is 1. The molecule has 1 aromatic heterocycles. The number of benzene rings is 1. The molecule has 1 aliphatic carbocycles. The first-order valence-electron chi connectivity index (χ1n) is 9.83. The lowest BCUT2D eigenvalue weighted by Gasteiger charge is -2.18. The second-order valence-corrected chi connectivity index (χ2v) is 7.87. The van der Waals surface area contributed by atoms with Gasteiger partial charge in [0, 0.05) is 12.0 Å². The van der Waals surface area contributed by atoms with Crippen LogP contribution in [0.3, 0.4) is 0 Å². The third-order valence-electron chi connectivity index (χ3n) is 4.70. The molecule has 6 nitrogen and oxygen atoms in total. The van der Waals surface area contributed by atoms with Crippen LogP contribution in [0.15, 0.2) is 24.3 Å². The maximum Gasteiger partial charge on any atom is 0.250 e. The predicted molar refractivity (Wildman–Crippen MR) is 112 cm³/mol. The van der Waals surface area contributed by atoms with E-state index in [0.717, 1.165) is 17.0 Å². The van der Waals surface area contributed by atoms with Gasteiger partial charge >= 0.3 is 0 Å². The topological polar surface area (TPSA) is 73.3 Å². The minimum Gasteiger partial charge on any atom is -0.493 e. The van der Waals surface area contributed by atoms with Crippen LogP contribution >= 0.6 is 11.3 Å². The van der Waals surface area contributed by atoms with Crippen LogP contribution in [-0.4, -0.2) is 29.8 Å². The second-order valence-electron chi connectivity index (χ2n) is 6.86. The molecule has 1 fully saturated rings. The van der Waals surface area contributed by atoms with Crippen LogP contribution < -0.4 is 14.8 Å². The molecular formula is C21H27N3O3S. The summed E-state index contributed by atoms with van der Waals surface area (Å²) in [6, 6.07) is 5.59. The van der Waals surface area contributed by atoms with Gasteiger partial charge in [-0.3, -0.25) is 10.1 Å². The molecule has 150 valence electrons. The zero-order valence-corrected chi connectivity index (χ0v) is 17.3. The third kappa shape index (κ3) is 5.55. The zero-order valence-electron chi connectivity index (χ0n) is 16.4. The Bertz CT molecular complexity index is 813. The summed E-state index contributed by atoms with van der Waals surface area (Å²) in [6.07, 6.45) is 10.3. The minimum atomic E-state index is -0.225. The predicted octanol–water partition coefficient (Wildman–Crippen LogP) is 5.04. The SMILES string of the molecule is CCCOc1ccc(/C=C/C(=O)Nc2nnc(C3CCCCC3)s2)cc1OC. The van der Waals surface area contributed by atoms with Crippen LogP contribution in [0.1, 0.15) is 61.9 Å². The Morgan fingerprint density at radius 1 is 1.25 bits per heavy atom. The lowest BCUT2D eigenvalue weighted by atomic mass is 9.90. The van der Waals surface area contributed by atoms with E-state index in [2.05, 4.69) is 22.4 Å². The van der Waals surface area contributed by atoms with Crippen molar-refractivity contribution in [3.63, 3.8) is 0 Å². The van der Waals surface area contributed by atoms with Crippen LogP contribution in [0.4, 0.5) is 5.13 Å². The largest absolute Gasteiger partial charge is 0.493 e. The smallest absolute Gasteiger partial charge is 0.250 e. The summed E-state index contributed by atoms with van der Waals surface area (Å²) in [5.74, 6) is 1.62. The van der Waals surface area contributed by atoms with E-state index >= 15 is 0 Å².